The Bertz CT molecular complexity index is 625. The summed E-state index contributed by atoms with van der Waals surface area (Å²) in [6.07, 6.45) is 9.15. The second-order valence-corrected chi connectivity index (χ2v) is 10.1. The molecule has 8 atom stereocenters. The summed E-state index contributed by atoms with van der Waals surface area (Å²) in [4.78, 5) is 12.4. The van der Waals surface area contributed by atoms with Crippen LogP contribution in [0.25, 0.3) is 0 Å². The van der Waals surface area contributed by atoms with Crippen LogP contribution < -0.4 is 0 Å². The molecule has 3 fully saturated rings. The standard InChI is InChI=1S/C22H34O3/c1-13-11-19-17-6-5-15-12-16(24)7-9-20(15,3)18(17)8-10-21(19,4)22(13,25)14(2)23/h5,13,16-19,24-25H,6-12H2,1-4H3/t13-,16+,17?,18+,19?,20+,21+,22+/m1/s1. The maximum Gasteiger partial charge on any atom is 0.162 e. The van der Waals surface area contributed by atoms with Crippen molar-refractivity contribution in [3.05, 3.63) is 11.6 Å². The summed E-state index contributed by atoms with van der Waals surface area (Å²) in [6, 6.07) is 0. The van der Waals surface area contributed by atoms with Crippen LogP contribution in [-0.2, 0) is 4.79 Å². The van der Waals surface area contributed by atoms with Gasteiger partial charge in [0.1, 0.15) is 5.60 Å². The van der Waals surface area contributed by atoms with Gasteiger partial charge in [0.2, 0.25) is 0 Å². The van der Waals surface area contributed by atoms with Gasteiger partial charge in [0.05, 0.1) is 6.10 Å². The van der Waals surface area contributed by atoms with E-state index in [-0.39, 0.29) is 28.6 Å². The molecule has 0 aromatic rings. The molecule has 0 aliphatic heterocycles. The zero-order valence-corrected chi connectivity index (χ0v) is 16.2. The minimum atomic E-state index is -1.16. The van der Waals surface area contributed by atoms with E-state index in [0.717, 1.165) is 44.9 Å². The molecule has 3 saturated carbocycles. The lowest BCUT2D eigenvalue weighted by Gasteiger charge is -2.58. The van der Waals surface area contributed by atoms with Gasteiger partial charge in [0.15, 0.2) is 5.78 Å². The van der Waals surface area contributed by atoms with Crippen molar-refractivity contribution in [2.24, 2.45) is 34.5 Å². The average molecular weight is 347 g/mol. The van der Waals surface area contributed by atoms with Crippen LogP contribution >= 0.6 is 0 Å². The SMILES string of the molecule is CC(=O)[C@@]1(O)[C@H](C)CC2C3CC=C4C[C@@H](O)CC[C@]4(C)[C@H]3CC[C@@]21C. The molecule has 2 N–H and O–H groups in total. The molecule has 4 aliphatic rings. The van der Waals surface area contributed by atoms with E-state index in [1.54, 1.807) is 6.92 Å². The van der Waals surface area contributed by atoms with Crippen molar-refractivity contribution in [2.75, 3.05) is 0 Å². The van der Waals surface area contributed by atoms with Crippen LogP contribution in [0, 0.1) is 34.5 Å². The average Bonchev–Trinajstić information content (AvgIpc) is 2.77. The highest BCUT2D eigenvalue weighted by Crippen LogP contribution is 2.68. The third-order valence-electron chi connectivity index (χ3n) is 9.20. The number of hydrogen-bond acceptors (Lipinski definition) is 3. The number of hydrogen-bond donors (Lipinski definition) is 2. The Hall–Kier alpha value is -0.670. The van der Waals surface area contributed by atoms with Gasteiger partial charge in [-0.15, -0.1) is 0 Å². The van der Waals surface area contributed by atoms with E-state index in [0.29, 0.717) is 17.8 Å². The number of aliphatic hydroxyl groups excluding tert-OH is 1. The van der Waals surface area contributed by atoms with Crippen LogP contribution in [-0.4, -0.2) is 27.7 Å². The van der Waals surface area contributed by atoms with Crippen molar-refractivity contribution in [2.45, 2.75) is 84.3 Å². The molecule has 0 bridgehead atoms. The summed E-state index contributed by atoms with van der Waals surface area (Å²) in [7, 11) is 0. The number of allylic oxidation sites excluding steroid dienone is 1. The highest BCUT2D eigenvalue weighted by Gasteiger charge is 2.67. The van der Waals surface area contributed by atoms with Gasteiger partial charge in [-0.3, -0.25) is 4.79 Å². The third-order valence-corrected chi connectivity index (χ3v) is 9.20. The van der Waals surface area contributed by atoms with Crippen LogP contribution in [0.4, 0.5) is 0 Å². The number of aliphatic hydroxyl groups is 2. The van der Waals surface area contributed by atoms with Gasteiger partial charge in [-0.1, -0.05) is 32.4 Å². The van der Waals surface area contributed by atoms with Crippen molar-refractivity contribution in [1.29, 1.82) is 0 Å². The molecule has 0 aromatic carbocycles. The van der Waals surface area contributed by atoms with Gasteiger partial charge in [-0.05, 0) is 81.0 Å². The number of carbonyl (C=O) groups excluding carboxylic acids is 1. The quantitative estimate of drug-likeness (QED) is 0.709. The van der Waals surface area contributed by atoms with Crippen LogP contribution in [0.15, 0.2) is 11.6 Å². The molecule has 0 aromatic heterocycles. The lowest BCUT2D eigenvalue weighted by atomic mass is 9.46. The molecular formula is C22H34O3. The molecule has 0 heterocycles. The smallest absolute Gasteiger partial charge is 0.162 e. The summed E-state index contributed by atoms with van der Waals surface area (Å²) < 4.78 is 0. The molecule has 4 aliphatic carbocycles. The minimum absolute atomic E-state index is 0.0394. The van der Waals surface area contributed by atoms with Crippen LogP contribution in [0.5, 0.6) is 0 Å². The number of ketones is 1. The summed E-state index contributed by atoms with van der Waals surface area (Å²) in [5.74, 6) is 1.64. The highest BCUT2D eigenvalue weighted by molar-refractivity contribution is 5.86. The first-order valence-electron chi connectivity index (χ1n) is 10.3. The second kappa shape index (κ2) is 5.42. The third kappa shape index (κ3) is 2.09. The fourth-order valence-corrected chi connectivity index (χ4v) is 7.73. The molecule has 0 spiro atoms. The van der Waals surface area contributed by atoms with Crippen LogP contribution in [0.1, 0.15) is 72.6 Å². The number of rotatable bonds is 1. The fourth-order valence-electron chi connectivity index (χ4n) is 7.73. The number of fused-ring (bicyclic) bond motifs is 5. The molecule has 0 amide bonds. The Morgan fingerprint density at radius 1 is 1.20 bits per heavy atom. The maximum absolute atomic E-state index is 12.4. The summed E-state index contributed by atoms with van der Waals surface area (Å²) in [6.45, 7) is 8.26. The van der Waals surface area contributed by atoms with E-state index in [1.165, 1.54) is 5.57 Å². The largest absolute Gasteiger partial charge is 0.393 e. The first kappa shape index (κ1) is 17.7. The number of Topliss-reactive ketones (excluding diaryl/α,β-unsaturated/α-hetero) is 1. The zero-order valence-electron chi connectivity index (χ0n) is 16.2. The van der Waals surface area contributed by atoms with E-state index in [2.05, 4.69) is 26.8 Å². The van der Waals surface area contributed by atoms with Crippen molar-refractivity contribution in [3.63, 3.8) is 0 Å². The lowest BCUT2D eigenvalue weighted by molar-refractivity contribution is -0.165. The molecule has 2 unspecified atom stereocenters. The Morgan fingerprint density at radius 2 is 1.92 bits per heavy atom. The van der Waals surface area contributed by atoms with Gasteiger partial charge < -0.3 is 10.2 Å². The zero-order chi connectivity index (χ0) is 18.2. The molecule has 0 radical (unpaired) electrons. The van der Waals surface area contributed by atoms with Crippen molar-refractivity contribution >= 4 is 5.78 Å². The lowest BCUT2D eigenvalue weighted by Crippen LogP contribution is -2.58. The van der Waals surface area contributed by atoms with Gasteiger partial charge in [0, 0.05) is 5.41 Å². The molecule has 3 nitrogen and oxygen atoms in total. The predicted molar refractivity (Wildman–Crippen MR) is 97.9 cm³/mol. The summed E-state index contributed by atoms with van der Waals surface area (Å²) >= 11 is 0. The Kier molecular flexibility index (Phi) is 3.84. The van der Waals surface area contributed by atoms with Gasteiger partial charge in [-0.25, -0.2) is 0 Å². The topological polar surface area (TPSA) is 57.5 Å². The van der Waals surface area contributed by atoms with Gasteiger partial charge in [0.25, 0.3) is 0 Å². The fraction of sp³-hybridized carbons (Fsp3) is 0.864. The maximum atomic E-state index is 12.4. The highest BCUT2D eigenvalue weighted by atomic mass is 16.3. The van der Waals surface area contributed by atoms with Crippen molar-refractivity contribution < 1.29 is 15.0 Å². The minimum Gasteiger partial charge on any atom is -0.393 e. The van der Waals surface area contributed by atoms with Crippen molar-refractivity contribution in [1.82, 2.24) is 0 Å². The Labute approximate surface area is 151 Å². The molecule has 4 rings (SSSR count). The molecule has 140 valence electrons. The van der Waals surface area contributed by atoms with Crippen LogP contribution in [0.3, 0.4) is 0 Å². The van der Waals surface area contributed by atoms with Gasteiger partial charge >= 0.3 is 0 Å². The molecule has 0 saturated heterocycles. The van der Waals surface area contributed by atoms with E-state index in [1.807, 2.05) is 0 Å². The molecule has 25 heavy (non-hydrogen) atoms. The summed E-state index contributed by atoms with van der Waals surface area (Å²) in [5, 5.41) is 21.5. The van der Waals surface area contributed by atoms with Gasteiger partial charge in [-0.2, -0.15) is 0 Å². The molecular weight excluding hydrogens is 312 g/mol. The first-order valence-corrected chi connectivity index (χ1v) is 10.3. The Morgan fingerprint density at radius 3 is 2.60 bits per heavy atom. The van der Waals surface area contributed by atoms with Crippen LogP contribution in [0.2, 0.25) is 0 Å². The monoisotopic (exact) mass is 346 g/mol. The predicted octanol–water partition coefficient (Wildman–Crippen LogP) is 3.88. The Balaban J connectivity index is 1.72. The number of carbonyl (C=O) groups is 1. The van der Waals surface area contributed by atoms with E-state index in [9.17, 15) is 15.0 Å². The van der Waals surface area contributed by atoms with E-state index < -0.39 is 5.60 Å². The van der Waals surface area contributed by atoms with E-state index >= 15 is 0 Å². The van der Waals surface area contributed by atoms with Crippen molar-refractivity contribution in [3.8, 4) is 0 Å². The first-order chi connectivity index (χ1) is 11.6. The van der Waals surface area contributed by atoms with E-state index in [4.69, 9.17) is 0 Å². The normalized spacial score (nSPS) is 55.0. The molecule has 3 heteroatoms. The second-order valence-electron chi connectivity index (χ2n) is 10.1. The summed E-state index contributed by atoms with van der Waals surface area (Å²) in [5.41, 5.74) is 0.249.